The summed E-state index contributed by atoms with van der Waals surface area (Å²) in [5, 5.41) is 12.9. The lowest BCUT2D eigenvalue weighted by molar-refractivity contribution is -0.117. The van der Waals surface area contributed by atoms with Crippen molar-refractivity contribution in [2.45, 2.75) is 26.2 Å². The van der Waals surface area contributed by atoms with Gasteiger partial charge in [0.2, 0.25) is 5.91 Å². The fourth-order valence-electron chi connectivity index (χ4n) is 3.01. The van der Waals surface area contributed by atoms with E-state index in [-0.39, 0.29) is 23.1 Å². The fraction of sp³-hybridized carbons (Fsp3) is 0.167. The van der Waals surface area contributed by atoms with E-state index in [1.165, 1.54) is 6.07 Å². The van der Waals surface area contributed by atoms with Gasteiger partial charge in [-0.05, 0) is 80.6 Å². The number of benzene rings is 3. The Morgan fingerprint density at radius 1 is 0.968 bits per heavy atom. The summed E-state index contributed by atoms with van der Waals surface area (Å²) in [7, 11) is 0. The van der Waals surface area contributed by atoms with Gasteiger partial charge in [0, 0.05) is 18.9 Å². The van der Waals surface area contributed by atoms with Crippen molar-refractivity contribution < 1.29 is 19.4 Å². The van der Waals surface area contributed by atoms with Crippen LogP contribution in [0, 0.1) is 0 Å². The molecule has 0 saturated carbocycles. The van der Waals surface area contributed by atoms with Gasteiger partial charge in [0.05, 0.1) is 14.6 Å². The summed E-state index contributed by atoms with van der Waals surface area (Å²) in [4.78, 5) is 23.7. The van der Waals surface area contributed by atoms with Gasteiger partial charge in [-0.2, -0.15) is 0 Å². The molecule has 0 aliphatic heterocycles. The third-order valence-electron chi connectivity index (χ3n) is 4.46. The molecule has 160 valence electrons. The molecule has 0 heterocycles. The van der Waals surface area contributed by atoms with Crippen molar-refractivity contribution in [3.63, 3.8) is 0 Å². The second kappa shape index (κ2) is 10.6. The zero-order valence-corrected chi connectivity index (χ0v) is 20.0. The maximum atomic E-state index is 12.3. The number of hydrogen-bond donors (Lipinski definition) is 2. The van der Waals surface area contributed by atoms with Gasteiger partial charge in [0.25, 0.3) is 0 Å². The molecule has 1 amide bonds. The third kappa shape index (κ3) is 6.67. The predicted molar refractivity (Wildman–Crippen MR) is 128 cm³/mol. The summed E-state index contributed by atoms with van der Waals surface area (Å²) in [5.41, 5.74) is 2.20. The van der Waals surface area contributed by atoms with Crippen LogP contribution in [0.15, 0.2) is 69.6 Å². The zero-order chi connectivity index (χ0) is 22.4. The number of phenols is 1. The monoisotopic (exact) mass is 545 g/mol. The summed E-state index contributed by atoms with van der Waals surface area (Å²) < 4.78 is 7.33. The van der Waals surface area contributed by atoms with E-state index in [4.69, 9.17) is 4.74 Å². The van der Waals surface area contributed by atoms with Crippen molar-refractivity contribution >= 4 is 49.2 Å². The topological polar surface area (TPSA) is 75.6 Å². The van der Waals surface area contributed by atoms with Gasteiger partial charge in [-0.15, -0.1) is 0 Å². The van der Waals surface area contributed by atoms with E-state index in [0.29, 0.717) is 39.7 Å². The number of ether oxygens (including phenoxy) is 1. The molecule has 0 aliphatic carbocycles. The van der Waals surface area contributed by atoms with Crippen LogP contribution in [0.2, 0.25) is 0 Å². The number of amides is 1. The molecule has 2 N–H and O–H groups in total. The average Bonchev–Trinajstić information content (AvgIpc) is 2.72. The quantitative estimate of drug-likeness (QED) is 0.320. The molecule has 3 aromatic carbocycles. The molecule has 0 aliphatic rings. The van der Waals surface area contributed by atoms with E-state index in [1.807, 2.05) is 42.5 Å². The van der Waals surface area contributed by atoms with Crippen LogP contribution in [0.3, 0.4) is 0 Å². The second-order valence-electron chi connectivity index (χ2n) is 7.08. The molecule has 0 spiro atoms. The molecule has 0 saturated heterocycles. The number of aromatic hydroxyl groups is 1. The van der Waals surface area contributed by atoms with Gasteiger partial charge in [-0.25, -0.2) is 0 Å². The molecule has 31 heavy (non-hydrogen) atoms. The Morgan fingerprint density at radius 3 is 2.29 bits per heavy atom. The number of Topliss-reactive ketones (excluding diaryl/α,β-unsaturated/α-hetero) is 1. The van der Waals surface area contributed by atoms with Crippen molar-refractivity contribution in [3.05, 3.63) is 80.7 Å². The van der Waals surface area contributed by atoms with Crippen LogP contribution >= 0.6 is 31.9 Å². The first-order valence-corrected chi connectivity index (χ1v) is 11.2. The number of rotatable bonds is 8. The first-order chi connectivity index (χ1) is 14.8. The highest BCUT2D eigenvalue weighted by Gasteiger charge is 2.14. The number of halogens is 2. The lowest BCUT2D eigenvalue weighted by Crippen LogP contribution is -2.12. The molecule has 3 rings (SSSR count). The second-order valence-corrected chi connectivity index (χ2v) is 8.79. The Morgan fingerprint density at radius 2 is 1.65 bits per heavy atom. The molecule has 0 bridgehead atoms. The van der Waals surface area contributed by atoms with Gasteiger partial charge < -0.3 is 15.2 Å². The minimum atomic E-state index is -0.202. The number of carbonyl (C=O) groups excluding carboxylic acids is 2. The molecule has 0 unspecified atom stereocenters. The standard InChI is InChI=1S/C24H21Br2NO4/c1-15(28)11-17-12-19(25)24(20(26)13-17)31-18-8-9-22(29)21(14-18)27-23(30)10-7-16-5-3-2-4-6-16/h2-6,8-9,12-14,29H,7,10-11H2,1H3,(H,27,30). The Kier molecular flexibility index (Phi) is 7.87. The van der Waals surface area contributed by atoms with Crippen molar-refractivity contribution in [2.75, 3.05) is 5.32 Å². The first kappa shape index (κ1) is 23.0. The Hall–Kier alpha value is -2.64. The van der Waals surface area contributed by atoms with Crippen LogP contribution in [0.4, 0.5) is 5.69 Å². The summed E-state index contributed by atoms with van der Waals surface area (Å²) in [6.45, 7) is 1.54. The molecule has 5 nitrogen and oxygen atoms in total. The van der Waals surface area contributed by atoms with Crippen molar-refractivity contribution in [1.29, 1.82) is 0 Å². The summed E-state index contributed by atoms with van der Waals surface area (Å²) in [6.07, 6.45) is 1.23. The van der Waals surface area contributed by atoms with Crippen LogP contribution in [-0.2, 0) is 22.4 Å². The van der Waals surface area contributed by atoms with E-state index in [1.54, 1.807) is 19.1 Å². The summed E-state index contributed by atoms with van der Waals surface area (Å²) in [6, 6.07) is 18.0. The fourth-order valence-corrected chi connectivity index (χ4v) is 4.45. The van der Waals surface area contributed by atoms with Crippen LogP contribution in [0.25, 0.3) is 0 Å². The van der Waals surface area contributed by atoms with E-state index in [9.17, 15) is 14.7 Å². The van der Waals surface area contributed by atoms with E-state index in [2.05, 4.69) is 37.2 Å². The zero-order valence-electron chi connectivity index (χ0n) is 16.8. The van der Waals surface area contributed by atoms with Gasteiger partial charge in [0.15, 0.2) is 5.75 Å². The van der Waals surface area contributed by atoms with Crippen LogP contribution < -0.4 is 10.1 Å². The number of ketones is 1. The third-order valence-corrected chi connectivity index (χ3v) is 5.63. The number of phenolic OH excluding ortho intramolecular Hbond substituents is 1. The van der Waals surface area contributed by atoms with Gasteiger partial charge in [0.1, 0.15) is 17.3 Å². The van der Waals surface area contributed by atoms with E-state index < -0.39 is 0 Å². The molecule has 3 aromatic rings. The summed E-state index contributed by atoms with van der Waals surface area (Å²) >= 11 is 6.95. The van der Waals surface area contributed by atoms with Crippen LogP contribution in [0.5, 0.6) is 17.2 Å². The number of aryl methyl sites for hydroxylation is 1. The van der Waals surface area contributed by atoms with Crippen LogP contribution in [0.1, 0.15) is 24.5 Å². The van der Waals surface area contributed by atoms with E-state index >= 15 is 0 Å². The predicted octanol–water partition coefficient (Wildman–Crippen LogP) is 6.41. The molecule has 0 radical (unpaired) electrons. The molecular weight excluding hydrogens is 526 g/mol. The Balaban J connectivity index is 1.71. The first-order valence-electron chi connectivity index (χ1n) is 9.64. The smallest absolute Gasteiger partial charge is 0.224 e. The Labute approximate surface area is 197 Å². The highest BCUT2D eigenvalue weighted by Crippen LogP contribution is 2.39. The van der Waals surface area contributed by atoms with Crippen molar-refractivity contribution in [2.24, 2.45) is 0 Å². The summed E-state index contributed by atoms with van der Waals surface area (Å²) in [5.74, 6) is 0.789. The molecule has 0 atom stereocenters. The van der Waals surface area contributed by atoms with Gasteiger partial charge in [-0.3, -0.25) is 9.59 Å². The number of nitrogens with one attached hydrogen (secondary N) is 1. The highest BCUT2D eigenvalue weighted by molar-refractivity contribution is 9.11. The normalized spacial score (nSPS) is 10.5. The lowest BCUT2D eigenvalue weighted by Gasteiger charge is -2.14. The maximum Gasteiger partial charge on any atom is 0.224 e. The Bertz CT molecular complexity index is 1080. The van der Waals surface area contributed by atoms with E-state index in [0.717, 1.165) is 11.1 Å². The number of hydrogen-bond acceptors (Lipinski definition) is 4. The van der Waals surface area contributed by atoms with Gasteiger partial charge >= 0.3 is 0 Å². The van der Waals surface area contributed by atoms with Crippen LogP contribution in [-0.4, -0.2) is 16.8 Å². The van der Waals surface area contributed by atoms with Gasteiger partial charge in [-0.1, -0.05) is 30.3 Å². The molecule has 0 fully saturated rings. The minimum Gasteiger partial charge on any atom is -0.506 e. The largest absolute Gasteiger partial charge is 0.506 e. The maximum absolute atomic E-state index is 12.3. The molecule has 0 aromatic heterocycles. The van der Waals surface area contributed by atoms with Crippen molar-refractivity contribution in [3.8, 4) is 17.2 Å². The minimum absolute atomic E-state index is 0.0460. The molecular formula is C24H21Br2NO4. The molecule has 7 heteroatoms. The lowest BCUT2D eigenvalue weighted by atomic mass is 10.1. The average molecular weight is 547 g/mol. The highest BCUT2D eigenvalue weighted by atomic mass is 79.9. The SMILES string of the molecule is CC(=O)Cc1cc(Br)c(Oc2ccc(O)c(NC(=O)CCc3ccccc3)c2)c(Br)c1. The number of carbonyl (C=O) groups is 2. The number of anilines is 1. The van der Waals surface area contributed by atoms with Crippen molar-refractivity contribution in [1.82, 2.24) is 0 Å².